The molecule has 0 amide bonds. The lowest BCUT2D eigenvalue weighted by molar-refractivity contribution is -0.203. The third-order valence-electron chi connectivity index (χ3n) is 4.02. The van der Waals surface area contributed by atoms with Crippen LogP contribution in [0.5, 0.6) is 0 Å². The van der Waals surface area contributed by atoms with Crippen LogP contribution in [0.1, 0.15) is 46.5 Å². The van der Waals surface area contributed by atoms with E-state index in [2.05, 4.69) is 13.8 Å². The van der Waals surface area contributed by atoms with Crippen LogP contribution in [0.2, 0.25) is 0 Å². The zero-order valence-electron chi connectivity index (χ0n) is 10.5. The van der Waals surface area contributed by atoms with Crippen LogP contribution in [0.25, 0.3) is 0 Å². The van der Waals surface area contributed by atoms with Crippen molar-refractivity contribution in [2.75, 3.05) is 6.61 Å². The maximum absolute atomic E-state index is 10.7. The summed E-state index contributed by atoms with van der Waals surface area (Å²) in [6.45, 7) is 7.00. The molecule has 2 rings (SSSR count). The molecule has 3 heteroatoms. The lowest BCUT2D eigenvalue weighted by Gasteiger charge is -2.41. The summed E-state index contributed by atoms with van der Waals surface area (Å²) in [5.41, 5.74) is 0.373. The molecule has 1 heterocycles. The molecule has 0 spiro atoms. The Kier molecular flexibility index (Phi) is 3.10. The lowest BCUT2D eigenvalue weighted by atomic mass is 9.70. The van der Waals surface area contributed by atoms with Gasteiger partial charge in [0.25, 0.3) is 0 Å². The summed E-state index contributed by atoms with van der Waals surface area (Å²) in [5, 5.41) is 0. The van der Waals surface area contributed by atoms with Crippen LogP contribution in [0, 0.1) is 11.3 Å². The second kappa shape index (κ2) is 4.11. The van der Waals surface area contributed by atoms with E-state index in [0.29, 0.717) is 17.9 Å². The first-order valence-electron chi connectivity index (χ1n) is 6.22. The molecule has 0 aromatic carbocycles. The van der Waals surface area contributed by atoms with Crippen molar-refractivity contribution in [2.45, 2.75) is 58.3 Å². The first kappa shape index (κ1) is 12.1. The summed E-state index contributed by atoms with van der Waals surface area (Å²) >= 11 is 0. The summed E-state index contributed by atoms with van der Waals surface area (Å²) in [6.07, 6.45) is 5.25. The van der Waals surface area contributed by atoms with Crippen molar-refractivity contribution in [1.29, 1.82) is 0 Å². The normalized spacial score (nSPS) is 43.2. The SMILES string of the molecule is CC1(C)CCCC(C2(C)OCC(C=O)O2)C1. The Hall–Kier alpha value is -0.410. The fourth-order valence-corrected chi connectivity index (χ4v) is 3.04. The number of carbonyl (C=O) groups is 1. The first-order valence-corrected chi connectivity index (χ1v) is 6.22. The van der Waals surface area contributed by atoms with E-state index in [-0.39, 0.29) is 6.10 Å². The van der Waals surface area contributed by atoms with Crippen LogP contribution in [-0.2, 0) is 14.3 Å². The van der Waals surface area contributed by atoms with Gasteiger partial charge in [-0.05, 0) is 31.6 Å². The van der Waals surface area contributed by atoms with E-state index in [0.717, 1.165) is 19.1 Å². The van der Waals surface area contributed by atoms with Crippen molar-refractivity contribution in [3.63, 3.8) is 0 Å². The minimum atomic E-state index is -0.538. The number of hydrogen-bond donors (Lipinski definition) is 0. The van der Waals surface area contributed by atoms with Crippen LogP contribution < -0.4 is 0 Å². The second-order valence-corrected chi connectivity index (χ2v) is 6.08. The molecule has 2 fully saturated rings. The van der Waals surface area contributed by atoms with Crippen LogP contribution in [0.3, 0.4) is 0 Å². The quantitative estimate of drug-likeness (QED) is 0.679. The molecule has 92 valence electrons. The van der Waals surface area contributed by atoms with Crippen LogP contribution in [0.15, 0.2) is 0 Å². The Labute approximate surface area is 97.5 Å². The van der Waals surface area contributed by atoms with Gasteiger partial charge in [0.2, 0.25) is 0 Å². The number of rotatable bonds is 2. The van der Waals surface area contributed by atoms with Gasteiger partial charge >= 0.3 is 0 Å². The topological polar surface area (TPSA) is 35.5 Å². The van der Waals surface area contributed by atoms with E-state index in [1.165, 1.54) is 12.8 Å². The highest BCUT2D eigenvalue weighted by atomic mass is 16.7. The molecule has 16 heavy (non-hydrogen) atoms. The predicted molar refractivity (Wildman–Crippen MR) is 61.0 cm³/mol. The Morgan fingerprint density at radius 3 is 2.62 bits per heavy atom. The maximum Gasteiger partial charge on any atom is 0.169 e. The lowest BCUT2D eigenvalue weighted by Crippen LogP contribution is -2.41. The molecule has 2 aliphatic rings. The molecular weight excluding hydrogens is 204 g/mol. The average molecular weight is 226 g/mol. The summed E-state index contributed by atoms with van der Waals surface area (Å²) in [4.78, 5) is 10.7. The Morgan fingerprint density at radius 1 is 1.31 bits per heavy atom. The van der Waals surface area contributed by atoms with E-state index in [1.807, 2.05) is 6.92 Å². The molecule has 3 nitrogen and oxygen atoms in total. The van der Waals surface area contributed by atoms with E-state index >= 15 is 0 Å². The van der Waals surface area contributed by atoms with Gasteiger partial charge in [0, 0.05) is 5.92 Å². The first-order chi connectivity index (χ1) is 7.45. The molecule has 0 radical (unpaired) electrons. The van der Waals surface area contributed by atoms with E-state index in [1.54, 1.807) is 0 Å². The number of hydrogen-bond acceptors (Lipinski definition) is 3. The van der Waals surface area contributed by atoms with E-state index in [9.17, 15) is 4.79 Å². The third kappa shape index (κ3) is 2.30. The Morgan fingerprint density at radius 2 is 2.06 bits per heavy atom. The molecule has 0 aromatic rings. The zero-order valence-corrected chi connectivity index (χ0v) is 10.5. The largest absolute Gasteiger partial charge is 0.347 e. The molecule has 0 bridgehead atoms. The highest BCUT2D eigenvalue weighted by molar-refractivity contribution is 5.56. The van der Waals surface area contributed by atoms with Crippen LogP contribution >= 0.6 is 0 Å². The van der Waals surface area contributed by atoms with Gasteiger partial charge in [0.05, 0.1) is 6.61 Å². The van der Waals surface area contributed by atoms with E-state index < -0.39 is 5.79 Å². The van der Waals surface area contributed by atoms with Gasteiger partial charge in [0.1, 0.15) is 6.10 Å². The molecule has 1 aliphatic heterocycles. The van der Waals surface area contributed by atoms with E-state index in [4.69, 9.17) is 9.47 Å². The molecule has 0 N–H and O–H groups in total. The van der Waals surface area contributed by atoms with Gasteiger partial charge in [-0.25, -0.2) is 0 Å². The van der Waals surface area contributed by atoms with Gasteiger partial charge in [-0.1, -0.05) is 20.3 Å². The van der Waals surface area contributed by atoms with Gasteiger partial charge in [-0.3, -0.25) is 0 Å². The van der Waals surface area contributed by atoms with Crippen molar-refractivity contribution in [3.8, 4) is 0 Å². The third-order valence-corrected chi connectivity index (χ3v) is 4.02. The monoisotopic (exact) mass is 226 g/mol. The van der Waals surface area contributed by atoms with Crippen molar-refractivity contribution in [3.05, 3.63) is 0 Å². The molecule has 0 aromatic heterocycles. The standard InChI is InChI=1S/C13H22O3/c1-12(2)6-4-5-10(7-12)13(3)15-9-11(8-14)16-13/h8,10-11H,4-7,9H2,1-3H3. The van der Waals surface area contributed by atoms with Crippen molar-refractivity contribution < 1.29 is 14.3 Å². The fourth-order valence-electron chi connectivity index (χ4n) is 3.04. The summed E-state index contributed by atoms with van der Waals surface area (Å²) < 4.78 is 11.5. The minimum Gasteiger partial charge on any atom is -0.347 e. The van der Waals surface area contributed by atoms with Gasteiger partial charge in [0.15, 0.2) is 12.1 Å². The van der Waals surface area contributed by atoms with Crippen LogP contribution in [0.4, 0.5) is 0 Å². The second-order valence-electron chi connectivity index (χ2n) is 6.08. The fraction of sp³-hybridized carbons (Fsp3) is 0.923. The zero-order chi connectivity index (χ0) is 11.8. The van der Waals surface area contributed by atoms with Crippen molar-refractivity contribution >= 4 is 6.29 Å². The molecular formula is C13H22O3. The Balaban J connectivity index is 2.04. The van der Waals surface area contributed by atoms with Gasteiger partial charge in [-0.2, -0.15) is 0 Å². The molecule has 1 saturated heterocycles. The molecule has 3 unspecified atom stereocenters. The summed E-state index contributed by atoms with van der Waals surface area (Å²) in [5.74, 6) is -0.121. The smallest absolute Gasteiger partial charge is 0.169 e. The number of aldehydes is 1. The van der Waals surface area contributed by atoms with Crippen molar-refractivity contribution in [1.82, 2.24) is 0 Å². The maximum atomic E-state index is 10.7. The molecule has 1 saturated carbocycles. The summed E-state index contributed by atoms with van der Waals surface area (Å²) in [6, 6.07) is 0. The molecule has 1 aliphatic carbocycles. The van der Waals surface area contributed by atoms with Gasteiger partial charge < -0.3 is 14.3 Å². The van der Waals surface area contributed by atoms with Crippen molar-refractivity contribution in [2.24, 2.45) is 11.3 Å². The number of ether oxygens (including phenoxy) is 2. The number of carbonyl (C=O) groups excluding carboxylic acids is 1. The van der Waals surface area contributed by atoms with Gasteiger partial charge in [-0.15, -0.1) is 0 Å². The van der Waals surface area contributed by atoms with Crippen LogP contribution in [-0.4, -0.2) is 24.8 Å². The minimum absolute atomic E-state index is 0.366. The highest BCUT2D eigenvalue weighted by Crippen LogP contribution is 2.46. The average Bonchev–Trinajstić information content (AvgIpc) is 2.60. The highest BCUT2D eigenvalue weighted by Gasteiger charge is 2.46. The summed E-state index contributed by atoms with van der Waals surface area (Å²) in [7, 11) is 0. The predicted octanol–water partition coefficient (Wildman–Crippen LogP) is 2.53. The Bertz CT molecular complexity index is 274. The molecule has 3 atom stereocenters.